The Morgan fingerprint density at radius 2 is 1.82 bits per heavy atom. The Morgan fingerprint density at radius 1 is 1.24 bits per heavy atom. The van der Waals surface area contributed by atoms with Crippen LogP contribution < -0.4 is 4.90 Å². The fourth-order valence-electron chi connectivity index (χ4n) is 1.46. The fraction of sp³-hybridized carbons (Fsp3) is 0.385. The van der Waals surface area contributed by atoms with Gasteiger partial charge >= 0.3 is 5.97 Å². The van der Waals surface area contributed by atoms with Gasteiger partial charge in [0.15, 0.2) is 0 Å². The van der Waals surface area contributed by atoms with Crippen LogP contribution in [0.25, 0.3) is 0 Å². The van der Waals surface area contributed by atoms with Crippen molar-refractivity contribution in [2.75, 3.05) is 11.9 Å². The smallest absolute Gasteiger partial charge is 0.315 e. The summed E-state index contributed by atoms with van der Waals surface area (Å²) in [6.45, 7) is 5.33. The number of rotatable bonds is 3. The van der Waals surface area contributed by atoms with Crippen molar-refractivity contribution in [1.82, 2.24) is 0 Å². The van der Waals surface area contributed by atoms with Gasteiger partial charge in [0.1, 0.15) is 5.92 Å². The first kappa shape index (κ1) is 13.2. The molecule has 4 heteroatoms. The number of hydrogen-bond acceptors (Lipinski definition) is 2. The molecule has 0 aliphatic rings. The lowest BCUT2D eigenvalue weighted by Crippen LogP contribution is -2.35. The Labute approximate surface area is 101 Å². The first-order valence-corrected chi connectivity index (χ1v) is 5.42. The van der Waals surface area contributed by atoms with E-state index in [2.05, 4.69) is 0 Å². The third-order valence-corrected chi connectivity index (χ3v) is 2.95. The number of carboxylic acid groups (broad SMARTS) is 1. The minimum absolute atomic E-state index is 0.416. The second-order valence-corrected chi connectivity index (χ2v) is 4.23. The SMILES string of the molecule is Cc1ccc(N(C)C(=O)C(C)C(=O)O)cc1C. The van der Waals surface area contributed by atoms with Crippen LogP contribution in [0, 0.1) is 19.8 Å². The van der Waals surface area contributed by atoms with E-state index >= 15 is 0 Å². The molecular formula is C13H17NO3. The molecule has 1 aromatic rings. The monoisotopic (exact) mass is 235 g/mol. The Morgan fingerprint density at radius 3 is 2.29 bits per heavy atom. The minimum atomic E-state index is -1.11. The van der Waals surface area contributed by atoms with E-state index in [0.29, 0.717) is 5.69 Å². The van der Waals surface area contributed by atoms with Crippen LogP contribution in [0.3, 0.4) is 0 Å². The van der Waals surface area contributed by atoms with E-state index in [4.69, 9.17) is 5.11 Å². The molecule has 0 spiro atoms. The van der Waals surface area contributed by atoms with Gasteiger partial charge in [-0.25, -0.2) is 0 Å². The predicted octanol–water partition coefficient (Wildman–Crippen LogP) is 1.99. The zero-order valence-corrected chi connectivity index (χ0v) is 10.5. The summed E-state index contributed by atoms with van der Waals surface area (Å²) in [7, 11) is 1.59. The molecule has 1 atom stereocenters. The molecule has 0 heterocycles. The summed E-state index contributed by atoms with van der Waals surface area (Å²) >= 11 is 0. The molecule has 17 heavy (non-hydrogen) atoms. The maximum Gasteiger partial charge on any atom is 0.315 e. The highest BCUT2D eigenvalue weighted by Crippen LogP contribution is 2.19. The van der Waals surface area contributed by atoms with Gasteiger partial charge in [-0.1, -0.05) is 6.07 Å². The number of amides is 1. The number of hydrogen-bond donors (Lipinski definition) is 1. The van der Waals surface area contributed by atoms with Crippen molar-refractivity contribution in [3.8, 4) is 0 Å². The summed E-state index contributed by atoms with van der Waals surface area (Å²) in [6.07, 6.45) is 0. The highest BCUT2D eigenvalue weighted by Gasteiger charge is 2.24. The number of aliphatic carboxylic acids is 1. The van der Waals surface area contributed by atoms with Crippen molar-refractivity contribution in [3.63, 3.8) is 0 Å². The van der Waals surface area contributed by atoms with Crippen molar-refractivity contribution in [1.29, 1.82) is 0 Å². The Bertz CT molecular complexity index is 454. The van der Waals surface area contributed by atoms with Gasteiger partial charge < -0.3 is 10.0 Å². The van der Waals surface area contributed by atoms with E-state index in [1.54, 1.807) is 7.05 Å². The summed E-state index contributed by atoms with van der Waals surface area (Å²) < 4.78 is 0. The lowest BCUT2D eigenvalue weighted by molar-refractivity contribution is -0.145. The summed E-state index contributed by atoms with van der Waals surface area (Å²) in [4.78, 5) is 24.0. The van der Waals surface area contributed by atoms with Gasteiger partial charge in [-0.2, -0.15) is 0 Å². The van der Waals surface area contributed by atoms with E-state index in [9.17, 15) is 9.59 Å². The molecule has 0 fully saturated rings. The van der Waals surface area contributed by atoms with Crippen LogP contribution in [0.4, 0.5) is 5.69 Å². The first-order chi connectivity index (χ1) is 7.84. The predicted molar refractivity (Wildman–Crippen MR) is 66.1 cm³/mol. The number of benzene rings is 1. The molecular weight excluding hydrogens is 218 g/mol. The molecule has 0 aliphatic carbocycles. The molecule has 4 nitrogen and oxygen atoms in total. The standard InChI is InChI=1S/C13H17NO3/c1-8-5-6-11(7-9(8)2)14(4)12(15)10(3)13(16)17/h5-7,10H,1-4H3,(H,16,17). The molecule has 1 unspecified atom stereocenters. The van der Waals surface area contributed by atoms with Gasteiger partial charge in [0.25, 0.3) is 0 Å². The number of anilines is 1. The molecule has 0 bridgehead atoms. The van der Waals surface area contributed by atoms with Crippen LogP contribution in [-0.4, -0.2) is 24.0 Å². The Kier molecular flexibility index (Phi) is 3.89. The highest BCUT2D eigenvalue weighted by molar-refractivity contribution is 6.05. The zero-order chi connectivity index (χ0) is 13.2. The fourth-order valence-corrected chi connectivity index (χ4v) is 1.46. The number of carboxylic acids is 1. The van der Waals surface area contributed by atoms with Gasteiger partial charge in [0.2, 0.25) is 5.91 Å². The molecule has 0 saturated carbocycles. The lowest BCUT2D eigenvalue weighted by atomic mass is 10.1. The number of carbonyl (C=O) groups excluding carboxylic acids is 1. The maximum absolute atomic E-state index is 11.8. The van der Waals surface area contributed by atoms with Gasteiger partial charge in [0.05, 0.1) is 0 Å². The minimum Gasteiger partial charge on any atom is -0.481 e. The van der Waals surface area contributed by atoms with Crippen molar-refractivity contribution in [2.24, 2.45) is 5.92 Å². The largest absolute Gasteiger partial charge is 0.481 e. The maximum atomic E-state index is 11.8. The lowest BCUT2D eigenvalue weighted by Gasteiger charge is -2.20. The van der Waals surface area contributed by atoms with Crippen molar-refractivity contribution in [3.05, 3.63) is 29.3 Å². The van der Waals surface area contributed by atoms with Crippen molar-refractivity contribution < 1.29 is 14.7 Å². The molecule has 1 amide bonds. The number of carbonyl (C=O) groups is 2. The van der Waals surface area contributed by atoms with E-state index < -0.39 is 17.8 Å². The second kappa shape index (κ2) is 4.99. The summed E-state index contributed by atoms with van der Waals surface area (Å²) in [5.41, 5.74) is 2.93. The Balaban J connectivity index is 2.96. The third-order valence-electron chi connectivity index (χ3n) is 2.95. The molecule has 0 saturated heterocycles. The van der Waals surface area contributed by atoms with E-state index in [1.807, 2.05) is 32.0 Å². The quantitative estimate of drug-likeness (QED) is 0.815. The number of nitrogens with zero attached hydrogens (tertiary/aromatic N) is 1. The van der Waals surface area contributed by atoms with Crippen LogP contribution in [-0.2, 0) is 9.59 Å². The first-order valence-electron chi connectivity index (χ1n) is 5.42. The van der Waals surface area contributed by atoms with Crippen molar-refractivity contribution >= 4 is 17.6 Å². The van der Waals surface area contributed by atoms with Crippen molar-refractivity contribution in [2.45, 2.75) is 20.8 Å². The van der Waals surface area contributed by atoms with Crippen LogP contribution in [0.1, 0.15) is 18.1 Å². The second-order valence-electron chi connectivity index (χ2n) is 4.23. The van der Waals surface area contributed by atoms with Crippen LogP contribution >= 0.6 is 0 Å². The molecule has 1 N–H and O–H groups in total. The molecule has 1 aromatic carbocycles. The normalized spacial score (nSPS) is 12.0. The average molecular weight is 235 g/mol. The molecule has 0 radical (unpaired) electrons. The van der Waals surface area contributed by atoms with Gasteiger partial charge in [0, 0.05) is 12.7 Å². The highest BCUT2D eigenvalue weighted by atomic mass is 16.4. The molecule has 0 aromatic heterocycles. The van der Waals surface area contributed by atoms with Gasteiger partial charge in [-0.15, -0.1) is 0 Å². The molecule has 1 rings (SSSR count). The van der Waals surface area contributed by atoms with Crippen LogP contribution in [0.5, 0.6) is 0 Å². The number of aryl methyl sites for hydroxylation is 2. The van der Waals surface area contributed by atoms with E-state index in [1.165, 1.54) is 11.8 Å². The van der Waals surface area contributed by atoms with Gasteiger partial charge in [-0.05, 0) is 44.0 Å². The molecule has 92 valence electrons. The summed E-state index contributed by atoms with van der Waals surface area (Å²) in [5.74, 6) is -2.55. The third kappa shape index (κ3) is 2.84. The van der Waals surface area contributed by atoms with E-state index in [-0.39, 0.29) is 0 Å². The zero-order valence-electron chi connectivity index (χ0n) is 10.5. The van der Waals surface area contributed by atoms with Gasteiger partial charge in [-0.3, -0.25) is 9.59 Å². The van der Waals surface area contributed by atoms with Crippen LogP contribution in [0.2, 0.25) is 0 Å². The Hall–Kier alpha value is -1.84. The summed E-state index contributed by atoms with van der Waals surface area (Å²) in [5, 5.41) is 8.80. The van der Waals surface area contributed by atoms with E-state index in [0.717, 1.165) is 11.1 Å². The topological polar surface area (TPSA) is 57.6 Å². The average Bonchev–Trinajstić information content (AvgIpc) is 2.29. The van der Waals surface area contributed by atoms with Crippen LogP contribution in [0.15, 0.2) is 18.2 Å². The summed E-state index contributed by atoms with van der Waals surface area (Å²) in [6, 6.07) is 5.61. The molecule has 0 aliphatic heterocycles.